The van der Waals surface area contributed by atoms with E-state index in [1.807, 2.05) is 6.08 Å². The summed E-state index contributed by atoms with van der Waals surface area (Å²) < 4.78 is 13.6. The maximum absolute atomic E-state index is 13.9. The molecule has 5 heteroatoms. The molecule has 184 valence electrons. The Morgan fingerprint density at radius 3 is 1.55 bits per heavy atom. The highest BCUT2D eigenvalue weighted by molar-refractivity contribution is 6.74. The normalized spacial score (nSPS) is 17.4. The first-order valence-electron chi connectivity index (χ1n) is 12.0. The van der Waals surface area contributed by atoms with Crippen molar-refractivity contribution in [2.24, 2.45) is 17.3 Å². The Morgan fingerprint density at radius 2 is 1.23 bits per heavy atom. The molecule has 0 unspecified atom stereocenters. The quantitative estimate of drug-likeness (QED) is 0.225. The van der Waals surface area contributed by atoms with Crippen LogP contribution in [0.2, 0.25) is 36.3 Å². The molecule has 31 heavy (non-hydrogen) atoms. The first-order chi connectivity index (χ1) is 13.5. The van der Waals surface area contributed by atoms with Gasteiger partial charge in [0.05, 0.1) is 12.2 Å². The highest BCUT2D eigenvalue weighted by atomic mass is 28.4. The smallest absolute Gasteiger partial charge is 0.192 e. The molecule has 0 aliphatic rings. The number of Topliss-reactive ketones (excluding diaryl/α,β-unsaturated/α-hetero) is 1. The molecule has 0 N–H and O–H groups in total. The third-order valence-electron chi connectivity index (χ3n) is 7.86. The lowest BCUT2D eigenvalue weighted by Crippen LogP contribution is -2.53. The van der Waals surface area contributed by atoms with Crippen LogP contribution in [0, 0.1) is 17.3 Å². The van der Waals surface area contributed by atoms with Crippen molar-refractivity contribution in [2.45, 2.75) is 131 Å². The molecule has 0 radical (unpaired) electrons. The largest absolute Gasteiger partial charge is 0.413 e. The van der Waals surface area contributed by atoms with Crippen molar-refractivity contribution in [1.82, 2.24) is 0 Å². The highest BCUT2D eigenvalue weighted by Gasteiger charge is 2.48. The first kappa shape index (κ1) is 30.8. The van der Waals surface area contributed by atoms with Crippen molar-refractivity contribution >= 4 is 22.4 Å². The van der Waals surface area contributed by atoms with E-state index in [4.69, 9.17) is 8.85 Å². The topological polar surface area (TPSA) is 35.5 Å². The van der Waals surface area contributed by atoms with Gasteiger partial charge in [0, 0.05) is 11.3 Å². The summed E-state index contributed by atoms with van der Waals surface area (Å²) in [4.78, 5) is 13.9. The number of carbonyl (C=O) groups excluding carboxylic acids is 1. The lowest BCUT2D eigenvalue weighted by atomic mass is 9.73. The molecule has 0 heterocycles. The summed E-state index contributed by atoms with van der Waals surface area (Å²) in [6, 6.07) is 0. The van der Waals surface area contributed by atoms with E-state index in [1.165, 1.54) is 0 Å². The molecule has 3 atom stereocenters. The molecule has 0 fully saturated rings. The summed E-state index contributed by atoms with van der Waals surface area (Å²) in [5.74, 6) is 0.304. The van der Waals surface area contributed by atoms with Gasteiger partial charge in [0.25, 0.3) is 0 Å². The molecule has 0 saturated carbocycles. The summed E-state index contributed by atoms with van der Waals surface area (Å²) in [5, 5.41) is 0.193. The molecule has 3 nitrogen and oxygen atoms in total. The molecule has 0 amide bonds. The van der Waals surface area contributed by atoms with Crippen molar-refractivity contribution in [1.29, 1.82) is 0 Å². The second-order valence-corrected chi connectivity index (χ2v) is 22.9. The summed E-state index contributed by atoms with van der Waals surface area (Å²) in [6.45, 7) is 37.0. The van der Waals surface area contributed by atoms with Crippen molar-refractivity contribution in [3.05, 3.63) is 12.7 Å². The van der Waals surface area contributed by atoms with Gasteiger partial charge in [-0.05, 0) is 48.6 Å². The van der Waals surface area contributed by atoms with Gasteiger partial charge in [-0.25, -0.2) is 0 Å². The number of hydrogen-bond acceptors (Lipinski definition) is 3. The van der Waals surface area contributed by atoms with Crippen molar-refractivity contribution in [2.75, 3.05) is 0 Å². The number of rotatable bonds is 11. The van der Waals surface area contributed by atoms with Gasteiger partial charge in [-0.15, -0.1) is 6.58 Å². The number of carbonyl (C=O) groups is 1. The Balaban J connectivity index is 5.97. The molecular weight excluding hydrogens is 416 g/mol. The molecule has 0 rings (SSSR count). The van der Waals surface area contributed by atoms with E-state index in [1.54, 1.807) is 0 Å². The van der Waals surface area contributed by atoms with E-state index < -0.39 is 22.0 Å². The van der Waals surface area contributed by atoms with Gasteiger partial charge >= 0.3 is 0 Å². The van der Waals surface area contributed by atoms with Gasteiger partial charge in [-0.1, -0.05) is 82.2 Å². The predicted octanol–water partition coefficient (Wildman–Crippen LogP) is 8.23. The van der Waals surface area contributed by atoms with Crippen LogP contribution < -0.4 is 0 Å². The predicted molar refractivity (Wildman–Crippen MR) is 142 cm³/mol. The van der Waals surface area contributed by atoms with E-state index in [-0.39, 0.29) is 39.9 Å². The minimum atomic E-state index is -2.03. The third kappa shape index (κ3) is 7.65. The van der Waals surface area contributed by atoms with Gasteiger partial charge in [-0.3, -0.25) is 4.79 Å². The first-order valence-corrected chi connectivity index (χ1v) is 17.9. The van der Waals surface area contributed by atoms with Crippen LogP contribution >= 0.6 is 0 Å². The van der Waals surface area contributed by atoms with Crippen LogP contribution in [-0.4, -0.2) is 34.6 Å². The van der Waals surface area contributed by atoms with Crippen LogP contribution in [0.4, 0.5) is 0 Å². The van der Waals surface area contributed by atoms with E-state index in [2.05, 4.69) is 109 Å². The lowest BCUT2D eigenvalue weighted by molar-refractivity contribution is -0.140. The van der Waals surface area contributed by atoms with Crippen LogP contribution in [0.25, 0.3) is 0 Å². The van der Waals surface area contributed by atoms with Gasteiger partial charge in [0.15, 0.2) is 16.6 Å². The third-order valence-corrected chi connectivity index (χ3v) is 16.8. The molecule has 0 spiro atoms. The standard InChI is InChI=1S/C26H54O3Si2/c1-17-18-21(28-30(13,14)24(5,6)7)26(11,12)23(27)20(4)22(19(2)3)29-31(15,16)25(8,9)10/h17,19-22H,1,18H2,2-16H3/t20-,21+,22+/m1/s1. The minimum Gasteiger partial charge on any atom is -0.413 e. The van der Waals surface area contributed by atoms with Crippen LogP contribution in [0.3, 0.4) is 0 Å². The van der Waals surface area contributed by atoms with Crippen LogP contribution in [-0.2, 0) is 13.6 Å². The summed E-state index contributed by atoms with van der Waals surface area (Å²) in [7, 11) is -4.03. The molecule has 0 bridgehead atoms. The monoisotopic (exact) mass is 470 g/mol. The Hall–Kier alpha value is -0.236. The molecule has 0 aromatic rings. The molecule has 0 aliphatic carbocycles. The Morgan fingerprint density at radius 1 is 0.839 bits per heavy atom. The molecule has 0 aromatic carbocycles. The Bertz CT molecular complexity index is 607. The molecule has 0 aromatic heterocycles. The highest BCUT2D eigenvalue weighted by Crippen LogP contribution is 2.43. The van der Waals surface area contributed by atoms with Crippen molar-refractivity contribution < 1.29 is 13.6 Å². The van der Waals surface area contributed by atoms with Crippen LogP contribution in [0.15, 0.2) is 12.7 Å². The number of ketones is 1. The van der Waals surface area contributed by atoms with Gasteiger partial charge in [-0.2, -0.15) is 0 Å². The van der Waals surface area contributed by atoms with Crippen LogP contribution in [0.1, 0.15) is 82.6 Å². The van der Waals surface area contributed by atoms with E-state index in [0.717, 1.165) is 0 Å². The molecular formula is C26H54O3Si2. The lowest BCUT2D eigenvalue weighted by Gasteiger charge is -2.46. The molecule has 0 aliphatic heterocycles. The van der Waals surface area contributed by atoms with E-state index in [9.17, 15) is 4.79 Å². The Labute approximate surface area is 197 Å². The molecule has 0 saturated heterocycles. The van der Waals surface area contributed by atoms with E-state index >= 15 is 0 Å². The fourth-order valence-electron chi connectivity index (χ4n) is 3.40. The fraction of sp³-hybridized carbons (Fsp3) is 0.885. The summed E-state index contributed by atoms with van der Waals surface area (Å²) in [6.07, 6.45) is 2.29. The van der Waals surface area contributed by atoms with Crippen molar-refractivity contribution in [3.63, 3.8) is 0 Å². The summed E-state index contributed by atoms with van der Waals surface area (Å²) >= 11 is 0. The summed E-state index contributed by atoms with van der Waals surface area (Å²) in [5.41, 5.74) is -0.618. The van der Waals surface area contributed by atoms with Crippen molar-refractivity contribution in [3.8, 4) is 0 Å². The zero-order chi connectivity index (χ0) is 25.2. The fourth-order valence-corrected chi connectivity index (χ4v) is 6.37. The maximum atomic E-state index is 13.9. The SMILES string of the molecule is C=CC[C@H](O[Si](C)(C)C(C)(C)C)C(C)(C)C(=O)[C@H](C)[C@@H](O[Si](C)(C)C(C)(C)C)C(C)C. The average Bonchev–Trinajstić information content (AvgIpc) is 2.55. The van der Waals surface area contributed by atoms with Gasteiger partial charge in [0.1, 0.15) is 5.78 Å². The second kappa shape index (κ2) is 10.4. The zero-order valence-electron chi connectivity index (χ0n) is 23.5. The Kier molecular flexibility index (Phi) is 10.3. The van der Waals surface area contributed by atoms with E-state index in [0.29, 0.717) is 6.42 Å². The zero-order valence-corrected chi connectivity index (χ0v) is 25.5. The average molecular weight is 471 g/mol. The second-order valence-electron chi connectivity index (χ2n) is 13.4. The van der Waals surface area contributed by atoms with Crippen LogP contribution in [0.5, 0.6) is 0 Å². The minimum absolute atomic E-state index is 0.0864. The van der Waals surface area contributed by atoms with Gasteiger partial charge in [0.2, 0.25) is 0 Å². The number of hydrogen-bond donors (Lipinski definition) is 0. The van der Waals surface area contributed by atoms with Gasteiger partial charge < -0.3 is 8.85 Å². The maximum Gasteiger partial charge on any atom is 0.192 e.